The van der Waals surface area contributed by atoms with E-state index in [1.165, 1.54) is 0 Å². The molecule has 0 saturated carbocycles. The molecule has 0 fully saturated rings. The van der Waals surface area contributed by atoms with Gasteiger partial charge < -0.3 is 15.2 Å². The molecule has 0 aliphatic heterocycles. The van der Waals surface area contributed by atoms with Crippen LogP contribution < -0.4 is 10.1 Å². The Hall–Kier alpha value is -2.23. The first-order valence-corrected chi connectivity index (χ1v) is 6.66. The number of phenolic OH excluding ortho intramolecular Hbond substituents is 1. The van der Waals surface area contributed by atoms with Crippen molar-refractivity contribution in [2.75, 3.05) is 0 Å². The third-order valence-electron chi connectivity index (χ3n) is 2.93. The van der Waals surface area contributed by atoms with Crippen LogP contribution >= 0.6 is 0 Å². The van der Waals surface area contributed by atoms with Crippen LogP contribution in [0.3, 0.4) is 0 Å². The monoisotopic (exact) mass is 273 g/mol. The first-order valence-electron chi connectivity index (χ1n) is 6.66. The van der Waals surface area contributed by atoms with Crippen molar-refractivity contribution < 1.29 is 14.6 Å². The van der Waals surface area contributed by atoms with Gasteiger partial charge in [0.2, 0.25) is 0 Å². The maximum absolute atomic E-state index is 11.8. The molecular formula is C16H19NO3. The highest BCUT2D eigenvalue weighted by Gasteiger charge is 2.17. The van der Waals surface area contributed by atoms with Gasteiger partial charge in [-0.2, -0.15) is 0 Å². The van der Waals surface area contributed by atoms with E-state index >= 15 is 0 Å². The van der Waals surface area contributed by atoms with Crippen LogP contribution in [0.2, 0.25) is 0 Å². The number of hydrogen-bond donors (Lipinski definition) is 2. The number of carbonyl (C=O) groups excluding carboxylic acids is 1. The Morgan fingerprint density at radius 3 is 2.35 bits per heavy atom. The van der Waals surface area contributed by atoms with Gasteiger partial charge in [0, 0.05) is 6.04 Å². The molecule has 2 N–H and O–H groups in total. The van der Waals surface area contributed by atoms with E-state index in [0.29, 0.717) is 5.75 Å². The first kappa shape index (κ1) is 14.2. The van der Waals surface area contributed by atoms with Crippen molar-refractivity contribution in [1.82, 2.24) is 5.32 Å². The lowest BCUT2D eigenvalue weighted by molar-refractivity contribution is -0.127. The fourth-order valence-corrected chi connectivity index (χ4v) is 1.95. The van der Waals surface area contributed by atoms with Crippen molar-refractivity contribution in [2.45, 2.75) is 32.9 Å². The van der Waals surface area contributed by atoms with E-state index in [2.05, 4.69) is 5.32 Å². The molecule has 1 amide bonds. The molecule has 2 aromatic carbocycles. The SMILES string of the molecule is CC(C)NC(=O)C(C)Oc1cc2ccccc2cc1O. The molecule has 2 rings (SSSR count). The van der Waals surface area contributed by atoms with Crippen LogP contribution in [-0.4, -0.2) is 23.2 Å². The second-order valence-electron chi connectivity index (χ2n) is 5.09. The summed E-state index contributed by atoms with van der Waals surface area (Å²) in [6.45, 7) is 5.43. The van der Waals surface area contributed by atoms with Crippen LogP contribution in [0.15, 0.2) is 36.4 Å². The number of nitrogens with one attached hydrogen (secondary N) is 1. The first-order chi connectivity index (χ1) is 9.47. The molecule has 0 aliphatic carbocycles. The highest BCUT2D eigenvalue weighted by atomic mass is 16.5. The molecular weight excluding hydrogens is 254 g/mol. The number of amides is 1. The van der Waals surface area contributed by atoms with Crippen molar-refractivity contribution in [3.8, 4) is 11.5 Å². The van der Waals surface area contributed by atoms with Crippen LogP contribution in [0.5, 0.6) is 11.5 Å². The van der Waals surface area contributed by atoms with Crippen molar-refractivity contribution >= 4 is 16.7 Å². The number of fused-ring (bicyclic) bond motifs is 1. The lowest BCUT2D eigenvalue weighted by Crippen LogP contribution is -2.40. The van der Waals surface area contributed by atoms with E-state index in [4.69, 9.17) is 4.74 Å². The number of aromatic hydroxyl groups is 1. The zero-order chi connectivity index (χ0) is 14.7. The van der Waals surface area contributed by atoms with Gasteiger partial charge in [0.05, 0.1) is 0 Å². The van der Waals surface area contributed by atoms with E-state index in [0.717, 1.165) is 10.8 Å². The summed E-state index contributed by atoms with van der Waals surface area (Å²) in [4.78, 5) is 11.8. The summed E-state index contributed by atoms with van der Waals surface area (Å²) in [6, 6.07) is 11.1. The zero-order valence-corrected chi connectivity index (χ0v) is 11.9. The predicted molar refractivity (Wildman–Crippen MR) is 79.0 cm³/mol. The molecule has 2 aromatic rings. The summed E-state index contributed by atoms with van der Waals surface area (Å²) in [5.41, 5.74) is 0. The van der Waals surface area contributed by atoms with Gasteiger partial charge in [0.25, 0.3) is 5.91 Å². The molecule has 4 nitrogen and oxygen atoms in total. The molecule has 0 aromatic heterocycles. The Labute approximate surface area is 118 Å². The van der Waals surface area contributed by atoms with Crippen LogP contribution in [0.1, 0.15) is 20.8 Å². The number of phenols is 1. The number of benzene rings is 2. The van der Waals surface area contributed by atoms with Gasteiger partial charge in [0.15, 0.2) is 17.6 Å². The van der Waals surface area contributed by atoms with Gasteiger partial charge in [-0.3, -0.25) is 4.79 Å². The van der Waals surface area contributed by atoms with E-state index in [-0.39, 0.29) is 17.7 Å². The Bertz CT molecular complexity index is 622. The molecule has 0 bridgehead atoms. The van der Waals surface area contributed by atoms with Crippen LogP contribution in [-0.2, 0) is 4.79 Å². The van der Waals surface area contributed by atoms with Crippen LogP contribution in [0.25, 0.3) is 10.8 Å². The van der Waals surface area contributed by atoms with E-state index in [1.54, 1.807) is 19.1 Å². The molecule has 0 saturated heterocycles. The summed E-state index contributed by atoms with van der Waals surface area (Å²) in [5, 5.41) is 14.6. The van der Waals surface area contributed by atoms with Gasteiger partial charge >= 0.3 is 0 Å². The molecule has 4 heteroatoms. The molecule has 0 radical (unpaired) electrons. The zero-order valence-electron chi connectivity index (χ0n) is 11.9. The molecule has 1 unspecified atom stereocenters. The minimum atomic E-state index is -0.663. The van der Waals surface area contributed by atoms with Crippen molar-refractivity contribution in [3.05, 3.63) is 36.4 Å². The molecule has 1 atom stereocenters. The van der Waals surface area contributed by atoms with Gasteiger partial charge in [-0.1, -0.05) is 24.3 Å². The lowest BCUT2D eigenvalue weighted by Gasteiger charge is -2.17. The van der Waals surface area contributed by atoms with Crippen molar-refractivity contribution in [2.24, 2.45) is 0 Å². The lowest BCUT2D eigenvalue weighted by atomic mass is 10.1. The number of ether oxygens (including phenoxy) is 1. The Morgan fingerprint density at radius 2 is 1.75 bits per heavy atom. The topological polar surface area (TPSA) is 58.6 Å². The Kier molecular flexibility index (Phi) is 4.13. The average molecular weight is 273 g/mol. The highest BCUT2D eigenvalue weighted by molar-refractivity contribution is 5.86. The second kappa shape index (κ2) is 5.82. The van der Waals surface area contributed by atoms with Gasteiger partial charge in [-0.05, 0) is 43.7 Å². The van der Waals surface area contributed by atoms with Gasteiger partial charge in [0.1, 0.15) is 0 Å². The van der Waals surface area contributed by atoms with Crippen LogP contribution in [0, 0.1) is 0 Å². The minimum absolute atomic E-state index is 0.0351. The Morgan fingerprint density at radius 1 is 1.15 bits per heavy atom. The third-order valence-corrected chi connectivity index (χ3v) is 2.93. The van der Waals surface area contributed by atoms with E-state index < -0.39 is 6.10 Å². The fourth-order valence-electron chi connectivity index (χ4n) is 1.95. The minimum Gasteiger partial charge on any atom is -0.504 e. The maximum atomic E-state index is 11.8. The Balaban J connectivity index is 2.20. The molecule has 106 valence electrons. The summed E-state index contributed by atoms with van der Waals surface area (Å²) < 4.78 is 5.55. The quantitative estimate of drug-likeness (QED) is 0.900. The summed E-state index contributed by atoms with van der Waals surface area (Å²) >= 11 is 0. The predicted octanol–water partition coefficient (Wildman–Crippen LogP) is 2.84. The van der Waals surface area contributed by atoms with E-state index in [9.17, 15) is 9.90 Å². The van der Waals surface area contributed by atoms with Crippen molar-refractivity contribution in [1.29, 1.82) is 0 Å². The number of hydrogen-bond acceptors (Lipinski definition) is 3. The van der Waals surface area contributed by atoms with Gasteiger partial charge in [-0.15, -0.1) is 0 Å². The number of carbonyl (C=O) groups is 1. The highest BCUT2D eigenvalue weighted by Crippen LogP contribution is 2.31. The summed E-state index contributed by atoms with van der Waals surface area (Å²) in [7, 11) is 0. The molecule has 20 heavy (non-hydrogen) atoms. The second-order valence-corrected chi connectivity index (χ2v) is 5.09. The molecule has 0 spiro atoms. The summed E-state index contributed by atoms with van der Waals surface area (Å²) in [5.74, 6) is 0.149. The molecule has 0 aliphatic rings. The number of rotatable bonds is 4. The van der Waals surface area contributed by atoms with Crippen molar-refractivity contribution in [3.63, 3.8) is 0 Å². The van der Waals surface area contributed by atoms with E-state index in [1.807, 2.05) is 38.1 Å². The van der Waals surface area contributed by atoms with Crippen LogP contribution in [0.4, 0.5) is 0 Å². The third kappa shape index (κ3) is 3.20. The summed E-state index contributed by atoms with van der Waals surface area (Å²) in [6.07, 6.45) is -0.663. The largest absolute Gasteiger partial charge is 0.504 e. The van der Waals surface area contributed by atoms with Gasteiger partial charge in [-0.25, -0.2) is 0 Å². The maximum Gasteiger partial charge on any atom is 0.260 e. The normalized spacial score (nSPS) is 12.4. The molecule has 0 heterocycles. The fraction of sp³-hybridized carbons (Fsp3) is 0.312. The smallest absolute Gasteiger partial charge is 0.260 e. The standard InChI is InChI=1S/C16H19NO3/c1-10(2)17-16(19)11(3)20-15-9-13-7-5-4-6-12(13)8-14(15)18/h4-11,18H,1-3H3,(H,17,19). The average Bonchev–Trinajstić information content (AvgIpc) is 2.38.